The molecule has 2 aromatic rings. The monoisotopic (exact) mass is 329 g/mol. The zero-order valence-electron chi connectivity index (χ0n) is 8.13. The van der Waals surface area contributed by atoms with Crippen LogP contribution in [-0.4, -0.2) is 4.98 Å². The number of oxazole rings is 1. The van der Waals surface area contributed by atoms with Gasteiger partial charge >= 0.3 is 0 Å². The highest BCUT2D eigenvalue weighted by molar-refractivity contribution is 9.10. The SMILES string of the molecule is Cc1oc(-c2ccc(Br)cc2)nc1CBr. The number of hydrogen-bond donors (Lipinski definition) is 0. The first-order valence-electron chi connectivity index (χ1n) is 4.49. The van der Waals surface area contributed by atoms with E-state index in [0.717, 1.165) is 26.8 Å². The molecule has 0 aliphatic carbocycles. The standard InChI is InChI=1S/C11H9Br2NO/c1-7-10(6-12)14-11(15-7)8-2-4-9(13)5-3-8/h2-5H,6H2,1H3. The predicted octanol–water partition coefficient (Wildman–Crippen LogP) is 4.31. The highest BCUT2D eigenvalue weighted by atomic mass is 79.9. The third-order valence-electron chi connectivity index (χ3n) is 2.11. The molecule has 78 valence electrons. The van der Waals surface area contributed by atoms with Crippen molar-refractivity contribution in [3.8, 4) is 11.5 Å². The molecule has 2 rings (SSSR count). The Morgan fingerprint density at radius 3 is 2.47 bits per heavy atom. The maximum Gasteiger partial charge on any atom is 0.226 e. The number of aryl methyl sites for hydroxylation is 1. The summed E-state index contributed by atoms with van der Waals surface area (Å²) in [5.74, 6) is 1.54. The van der Waals surface area contributed by atoms with Crippen molar-refractivity contribution in [2.45, 2.75) is 12.3 Å². The van der Waals surface area contributed by atoms with Gasteiger partial charge in [0.1, 0.15) is 5.76 Å². The van der Waals surface area contributed by atoms with Gasteiger partial charge < -0.3 is 4.42 Å². The molecule has 0 unspecified atom stereocenters. The molecule has 1 aromatic heterocycles. The third kappa shape index (κ3) is 2.32. The molecule has 2 nitrogen and oxygen atoms in total. The van der Waals surface area contributed by atoms with Gasteiger partial charge in [0.25, 0.3) is 0 Å². The minimum atomic E-state index is 0.675. The van der Waals surface area contributed by atoms with E-state index in [1.807, 2.05) is 31.2 Å². The van der Waals surface area contributed by atoms with Gasteiger partial charge in [-0.05, 0) is 31.2 Å². The van der Waals surface area contributed by atoms with E-state index in [0.29, 0.717) is 5.89 Å². The van der Waals surface area contributed by atoms with Crippen LogP contribution in [0.4, 0.5) is 0 Å². The van der Waals surface area contributed by atoms with Gasteiger partial charge in [-0.25, -0.2) is 4.98 Å². The smallest absolute Gasteiger partial charge is 0.226 e. The Morgan fingerprint density at radius 1 is 1.27 bits per heavy atom. The Bertz CT molecular complexity index is 462. The molecule has 0 aliphatic heterocycles. The first-order valence-corrected chi connectivity index (χ1v) is 6.40. The van der Waals surface area contributed by atoms with Gasteiger partial charge in [-0.2, -0.15) is 0 Å². The fourth-order valence-corrected chi connectivity index (χ4v) is 2.05. The van der Waals surface area contributed by atoms with Crippen LogP contribution in [0.3, 0.4) is 0 Å². The number of alkyl halides is 1. The molecular weight excluding hydrogens is 322 g/mol. The van der Waals surface area contributed by atoms with E-state index in [1.165, 1.54) is 0 Å². The van der Waals surface area contributed by atoms with Gasteiger partial charge in [0.2, 0.25) is 5.89 Å². The number of rotatable bonds is 2. The summed E-state index contributed by atoms with van der Waals surface area (Å²) in [4.78, 5) is 4.40. The molecule has 4 heteroatoms. The molecule has 0 bridgehead atoms. The molecule has 0 radical (unpaired) electrons. The fraction of sp³-hybridized carbons (Fsp3) is 0.182. The number of aromatic nitrogens is 1. The van der Waals surface area contributed by atoms with Crippen molar-refractivity contribution >= 4 is 31.9 Å². The largest absolute Gasteiger partial charge is 0.441 e. The van der Waals surface area contributed by atoms with Gasteiger partial charge in [-0.15, -0.1) is 0 Å². The molecule has 0 saturated heterocycles. The normalized spacial score (nSPS) is 10.6. The van der Waals surface area contributed by atoms with Crippen molar-refractivity contribution in [1.29, 1.82) is 0 Å². The van der Waals surface area contributed by atoms with Crippen molar-refractivity contribution in [1.82, 2.24) is 4.98 Å². The predicted molar refractivity (Wildman–Crippen MR) is 67.0 cm³/mol. The summed E-state index contributed by atoms with van der Waals surface area (Å²) >= 11 is 6.77. The van der Waals surface area contributed by atoms with Crippen LogP contribution in [-0.2, 0) is 5.33 Å². The molecule has 0 atom stereocenters. The maximum atomic E-state index is 5.58. The summed E-state index contributed by atoms with van der Waals surface area (Å²) < 4.78 is 6.63. The molecule has 0 amide bonds. The lowest BCUT2D eigenvalue weighted by Gasteiger charge is -1.94. The molecule has 0 spiro atoms. The molecule has 0 aliphatic rings. The van der Waals surface area contributed by atoms with Crippen LogP contribution in [0.2, 0.25) is 0 Å². The van der Waals surface area contributed by atoms with Crippen LogP contribution in [0.1, 0.15) is 11.5 Å². The van der Waals surface area contributed by atoms with Crippen molar-refractivity contribution < 1.29 is 4.42 Å². The first kappa shape index (κ1) is 10.9. The lowest BCUT2D eigenvalue weighted by molar-refractivity contribution is 0.540. The van der Waals surface area contributed by atoms with Crippen LogP contribution < -0.4 is 0 Å². The van der Waals surface area contributed by atoms with Crippen LogP contribution in [0.25, 0.3) is 11.5 Å². The molecule has 0 fully saturated rings. The number of hydrogen-bond acceptors (Lipinski definition) is 2. The van der Waals surface area contributed by atoms with Gasteiger partial charge in [0, 0.05) is 15.4 Å². The van der Waals surface area contributed by atoms with Crippen LogP contribution in [0.15, 0.2) is 33.2 Å². The maximum absolute atomic E-state index is 5.58. The van der Waals surface area contributed by atoms with Crippen molar-refractivity contribution in [3.63, 3.8) is 0 Å². The summed E-state index contributed by atoms with van der Waals surface area (Å²) in [6.07, 6.45) is 0. The van der Waals surface area contributed by atoms with Gasteiger partial charge in [-0.1, -0.05) is 31.9 Å². The zero-order chi connectivity index (χ0) is 10.8. The topological polar surface area (TPSA) is 26.0 Å². The average molecular weight is 331 g/mol. The Kier molecular flexibility index (Phi) is 3.26. The van der Waals surface area contributed by atoms with E-state index in [2.05, 4.69) is 36.8 Å². The average Bonchev–Trinajstić information content (AvgIpc) is 2.61. The minimum absolute atomic E-state index is 0.675. The van der Waals surface area contributed by atoms with E-state index in [1.54, 1.807) is 0 Å². The first-order chi connectivity index (χ1) is 7.20. The van der Waals surface area contributed by atoms with E-state index in [4.69, 9.17) is 4.42 Å². The van der Waals surface area contributed by atoms with Crippen LogP contribution >= 0.6 is 31.9 Å². The van der Waals surface area contributed by atoms with E-state index >= 15 is 0 Å². The fourth-order valence-electron chi connectivity index (χ4n) is 1.27. The zero-order valence-corrected chi connectivity index (χ0v) is 11.3. The van der Waals surface area contributed by atoms with Crippen LogP contribution in [0, 0.1) is 6.92 Å². The lowest BCUT2D eigenvalue weighted by Crippen LogP contribution is -1.80. The lowest BCUT2D eigenvalue weighted by atomic mass is 10.2. The second-order valence-corrected chi connectivity index (χ2v) is 4.64. The summed E-state index contributed by atoms with van der Waals surface area (Å²) in [6.45, 7) is 1.92. The molecule has 0 N–H and O–H groups in total. The van der Waals surface area contributed by atoms with E-state index < -0.39 is 0 Å². The molecule has 1 heterocycles. The Hall–Kier alpha value is -0.610. The third-order valence-corrected chi connectivity index (χ3v) is 3.17. The van der Waals surface area contributed by atoms with Crippen molar-refractivity contribution in [2.75, 3.05) is 0 Å². The van der Waals surface area contributed by atoms with Crippen molar-refractivity contribution in [2.24, 2.45) is 0 Å². The van der Waals surface area contributed by atoms with E-state index in [-0.39, 0.29) is 0 Å². The van der Waals surface area contributed by atoms with Gasteiger partial charge in [0.15, 0.2) is 0 Å². The number of halogens is 2. The van der Waals surface area contributed by atoms with Crippen LogP contribution in [0.5, 0.6) is 0 Å². The molecule has 0 saturated carbocycles. The quantitative estimate of drug-likeness (QED) is 0.767. The molecule has 15 heavy (non-hydrogen) atoms. The molecule has 1 aromatic carbocycles. The summed E-state index contributed by atoms with van der Waals surface area (Å²) in [7, 11) is 0. The van der Waals surface area contributed by atoms with Crippen molar-refractivity contribution in [3.05, 3.63) is 40.2 Å². The van der Waals surface area contributed by atoms with Gasteiger partial charge in [0.05, 0.1) is 5.69 Å². The highest BCUT2D eigenvalue weighted by Gasteiger charge is 2.09. The minimum Gasteiger partial charge on any atom is -0.441 e. The summed E-state index contributed by atoms with van der Waals surface area (Å²) in [5, 5.41) is 0.721. The van der Waals surface area contributed by atoms with E-state index in [9.17, 15) is 0 Å². The summed E-state index contributed by atoms with van der Waals surface area (Å²) in [5.41, 5.74) is 1.95. The second kappa shape index (κ2) is 4.49. The Morgan fingerprint density at radius 2 is 1.93 bits per heavy atom. The van der Waals surface area contributed by atoms with Gasteiger partial charge in [-0.3, -0.25) is 0 Å². The molecular formula is C11H9Br2NO. The summed E-state index contributed by atoms with van der Waals surface area (Å²) in [6, 6.07) is 7.91. The number of nitrogens with zero attached hydrogens (tertiary/aromatic N) is 1. The highest BCUT2D eigenvalue weighted by Crippen LogP contribution is 2.24. The number of benzene rings is 1. The Labute approximate surface area is 105 Å². The second-order valence-electron chi connectivity index (χ2n) is 3.16. The Balaban J connectivity index is 2.41.